The number of aromatic amines is 1. The lowest BCUT2D eigenvalue weighted by Crippen LogP contribution is -2.46. The number of benzene rings is 3. The Morgan fingerprint density at radius 2 is 1.55 bits per heavy atom. The standard InChI is InChI=1S/C30H29N5O3/c1-21(2)35(23-13-7-4-8-14-23)28(36)20-33-17-18-34(22-11-5-3-6-12-22)30(38)25(29(33)37)19-27-24-15-9-10-16-26(24)31-32-27/h3-18,21,25H,19-20H2,1-2H3,(H,31,32)/t25-/m0/s1. The van der Waals surface area contributed by atoms with E-state index < -0.39 is 11.8 Å². The predicted octanol–water partition coefficient (Wildman–Crippen LogP) is 4.51. The minimum absolute atomic E-state index is 0.120. The number of anilines is 2. The fraction of sp³-hybridized carbons (Fsp3) is 0.200. The van der Waals surface area contributed by atoms with E-state index in [1.54, 1.807) is 11.1 Å². The maximum absolute atomic E-state index is 13.9. The third-order valence-corrected chi connectivity index (χ3v) is 6.62. The monoisotopic (exact) mass is 507 g/mol. The fourth-order valence-corrected chi connectivity index (χ4v) is 4.79. The average molecular weight is 508 g/mol. The molecule has 4 aromatic rings. The second kappa shape index (κ2) is 10.7. The molecule has 0 bridgehead atoms. The van der Waals surface area contributed by atoms with Crippen molar-refractivity contribution < 1.29 is 14.4 Å². The molecule has 0 saturated carbocycles. The van der Waals surface area contributed by atoms with Crippen LogP contribution in [0.25, 0.3) is 10.9 Å². The van der Waals surface area contributed by atoms with Gasteiger partial charge in [0, 0.05) is 47.3 Å². The number of hydrogen-bond donors (Lipinski definition) is 1. The number of aromatic nitrogens is 2. The Balaban J connectivity index is 1.49. The van der Waals surface area contributed by atoms with Crippen molar-refractivity contribution in [1.29, 1.82) is 0 Å². The summed E-state index contributed by atoms with van der Waals surface area (Å²) < 4.78 is 0. The summed E-state index contributed by atoms with van der Waals surface area (Å²) in [6.07, 6.45) is 3.22. The van der Waals surface area contributed by atoms with E-state index in [4.69, 9.17) is 0 Å². The number of nitrogens with one attached hydrogen (secondary N) is 1. The number of hydrogen-bond acceptors (Lipinski definition) is 4. The van der Waals surface area contributed by atoms with E-state index in [1.165, 1.54) is 16.0 Å². The van der Waals surface area contributed by atoms with E-state index in [0.29, 0.717) is 11.4 Å². The third-order valence-electron chi connectivity index (χ3n) is 6.62. The molecule has 0 aliphatic carbocycles. The van der Waals surface area contributed by atoms with Gasteiger partial charge in [0.15, 0.2) is 0 Å². The highest BCUT2D eigenvalue weighted by Gasteiger charge is 2.38. The van der Waals surface area contributed by atoms with E-state index in [2.05, 4.69) is 10.2 Å². The summed E-state index contributed by atoms with van der Waals surface area (Å²) in [7, 11) is 0. The molecule has 0 radical (unpaired) electrons. The average Bonchev–Trinajstić information content (AvgIpc) is 3.30. The summed E-state index contributed by atoms with van der Waals surface area (Å²) >= 11 is 0. The lowest BCUT2D eigenvalue weighted by atomic mass is 9.98. The van der Waals surface area contributed by atoms with Crippen molar-refractivity contribution in [3.05, 3.63) is 103 Å². The largest absolute Gasteiger partial charge is 0.308 e. The highest BCUT2D eigenvalue weighted by molar-refractivity contribution is 6.11. The van der Waals surface area contributed by atoms with Gasteiger partial charge in [-0.3, -0.25) is 24.4 Å². The number of amides is 3. The van der Waals surface area contributed by atoms with Crippen LogP contribution in [0.1, 0.15) is 19.5 Å². The lowest BCUT2D eigenvalue weighted by molar-refractivity contribution is -0.140. The van der Waals surface area contributed by atoms with Crippen molar-refractivity contribution in [3.63, 3.8) is 0 Å². The lowest BCUT2D eigenvalue weighted by Gasteiger charge is -2.29. The van der Waals surface area contributed by atoms with Crippen LogP contribution in [-0.2, 0) is 20.8 Å². The van der Waals surface area contributed by atoms with Gasteiger partial charge in [0.1, 0.15) is 12.5 Å². The second-order valence-electron chi connectivity index (χ2n) is 9.48. The zero-order chi connectivity index (χ0) is 26.6. The van der Waals surface area contributed by atoms with Crippen LogP contribution in [0, 0.1) is 5.92 Å². The molecule has 1 atom stereocenters. The van der Waals surface area contributed by atoms with Gasteiger partial charge in [-0.15, -0.1) is 0 Å². The van der Waals surface area contributed by atoms with E-state index in [1.807, 2.05) is 98.8 Å². The Hall–Kier alpha value is -4.72. The zero-order valence-electron chi connectivity index (χ0n) is 21.3. The summed E-state index contributed by atoms with van der Waals surface area (Å²) in [5.74, 6) is -2.09. The number of fused-ring (bicyclic) bond motifs is 1. The molecule has 8 heteroatoms. The molecule has 2 heterocycles. The molecule has 0 unspecified atom stereocenters. The minimum Gasteiger partial charge on any atom is -0.308 e. The first-order valence-electron chi connectivity index (χ1n) is 12.6. The van der Waals surface area contributed by atoms with Crippen LogP contribution in [0.2, 0.25) is 0 Å². The number of rotatable bonds is 7. The van der Waals surface area contributed by atoms with Crippen molar-refractivity contribution in [3.8, 4) is 0 Å². The van der Waals surface area contributed by atoms with E-state index >= 15 is 0 Å². The SMILES string of the molecule is CC(C)N(C(=O)CN1C=CN(c2ccccc2)C(=O)[C@@H](Cc2[nH]nc3ccccc23)C1=O)c1ccccc1. The molecular formula is C30H29N5O3. The van der Waals surface area contributed by atoms with Gasteiger partial charge in [0.25, 0.3) is 0 Å². The van der Waals surface area contributed by atoms with Crippen LogP contribution in [0.3, 0.4) is 0 Å². The molecule has 1 aromatic heterocycles. The Morgan fingerprint density at radius 3 is 2.26 bits per heavy atom. The first-order chi connectivity index (χ1) is 18.4. The van der Waals surface area contributed by atoms with Crippen molar-refractivity contribution in [2.45, 2.75) is 26.3 Å². The molecule has 192 valence electrons. The Kier molecular flexibility index (Phi) is 7.04. The Bertz CT molecular complexity index is 1480. The first kappa shape index (κ1) is 25.0. The van der Waals surface area contributed by atoms with Gasteiger partial charge >= 0.3 is 0 Å². The molecular weight excluding hydrogens is 478 g/mol. The minimum atomic E-state index is -1.05. The van der Waals surface area contributed by atoms with Crippen LogP contribution in [-0.4, -0.2) is 45.4 Å². The molecule has 0 spiro atoms. The summed E-state index contributed by atoms with van der Waals surface area (Å²) in [4.78, 5) is 45.7. The van der Waals surface area contributed by atoms with Crippen LogP contribution in [0.4, 0.5) is 11.4 Å². The van der Waals surface area contributed by atoms with Gasteiger partial charge in [-0.2, -0.15) is 5.10 Å². The van der Waals surface area contributed by atoms with Gasteiger partial charge in [-0.25, -0.2) is 0 Å². The normalized spacial score (nSPS) is 15.8. The molecule has 1 aliphatic rings. The molecule has 5 rings (SSSR count). The Morgan fingerprint density at radius 1 is 0.895 bits per heavy atom. The van der Waals surface area contributed by atoms with Crippen molar-refractivity contribution >= 4 is 40.0 Å². The Labute approximate surface area is 221 Å². The number of carbonyl (C=O) groups is 3. The summed E-state index contributed by atoms with van der Waals surface area (Å²) in [5, 5.41) is 8.18. The summed E-state index contributed by atoms with van der Waals surface area (Å²) in [5.41, 5.74) is 2.85. The van der Waals surface area contributed by atoms with Crippen LogP contribution < -0.4 is 9.80 Å². The van der Waals surface area contributed by atoms with E-state index in [0.717, 1.165) is 16.6 Å². The van der Waals surface area contributed by atoms with Gasteiger partial charge in [-0.1, -0.05) is 54.6 Å². The first-order valence-corrected chi connectivity index (χ1v) is 12.6. The molecule has 0 fully saturated rings. The van der Waals surface area contributed by atoms with Crippen molar-refractivity contribution in [2.75, 3.05) is 16.3 Å². The van der Waals surface area contributed by atoms with Crippen LogP contribution >= 0.6 is 0 Å². The van der Waals surface area contributed by atoms with Crippen LogP contribution in [0.15, 0.2) is 97.3 Å². The van der Waals surface area contributed by atoms with Gasteiger partial charge in [0.2, 0.25) is 17.7 Å². The van der Waals surface area contributed by atoms with E-state index in [-0.39, 0.29) is 30.8 Å². The molecule has 1 aliphatic heterocycles. The number of nitrogens with zero attached hydrogens (tertiary/aromatic N) is 4. The van der Waals surface area contributed by atoms with E-state index in [9.17, 15) is 14.4 Å². The fourth-order valence-electron chi connectivity index (χ4n) is 4.79. The van der Waals surface area contributed by atoms with Gasteiger partial charge in [0.05, 0.1) is 5.52 Å². The quantitative estimate of drug-likeness (QED) is 0.373. The van der Waals surface area contributed by atoms with Crippen molar-refractivity contribution in [1.82, 2.24) is 15.1 Å². The summed E-state index contributed by atoms with van der Waals surface area (Å²) in [6, 6.07) is 26.0. The van der Waals surface area contributed by atoms with Gasteiger partial charge in [-0.05, 0) is 44.2 Å². The van der Waals surface area contributed by atoms with Gasteiger partial charge < -0.3 is 9.80 Å². The van der Waals surface area contributed by atoms with Crippen molar-refractivity contribution in [2.24, 2.45) is 5.92 Å². The van der Waals surface area contributed by atoms with Crippen LogP contribution in [0.5, 0.6) is 0 Å². The maximum Gasteiger partial charge on any atom is 0.247 e. The number of carbonyl (C=O) groups excluding carboxylic acids is 3. The topological polar surface area (TPSA) is 89.6 Å². The highest BCUT2D eigenvalue weighted by atomic mass is 16.2. The molecule has 0 saturated heterocycles. The number of H-pyrrole nitrogens is 1. The predicted molar refractivity (Wildman–Crippen MR) is 147 cm³/mol. The molecule has 3 aromatic carbocycles. The third kappa shape index (κ3) is 4.93. The highest BCUT2D eigenvalue weighted by Crippen LogP contribution is 2.26. The molecule has 3 amide bonds. The second-order valence-corrected chi connectivity index (χ2v) is 9.48. The number of para-hydroxylation sites is 3. The molecule has 38 heavy (non-hydrogen) atoms. The summed E-state index contributed by atoms with van der Waals surface area (Å²) in [6.45, 7) is 3.66. The zero-order valence-corrected chi connectivity index (χ0v) is 21.3. The molecule has 1 N–H and O–H groups in total. The molecule has 8 nitrogen and oxygen atoms in total. The smallest absolute Gasteiger partial charge is 0.247 e. The maximum atomic E-state index is 13.9.